The molecule has 1 aromatic rings. The first kappa shape index (κ1) is 17.0. The number of hydrazine groups is 1. The average molecular weight is 331 g/mol. The summed E-state index contributed by atoms with van der Waals surface area (Å²) in [6, 6.07) is 9.74. The van der Waals surface area contributed by atoms with Crippen molar-refractivity contribution in [3.8, 4) is 0 Å². The molecule has 24 heavy (non-hydrogen) atoms. The Morgan fingerprint density at radius 2 is 2.04 bits per heavy atom. The number of benzene rings is 1. The van der Waals surface area contributed by atoms with E-state index in [4.69, 9.17) is 4.74 Å². The van der Waals surface area contributed by atoms with Gasteiger partial charge in [0.15, 0.2) is 0 Å². The molecule has 6 heteroatoms. The maximum absolute atomic E-state index is 12.8. The number of nitrogens with one attached hydrogen (secondary N) is 2. The van der Waals surface area contributed by atoms with Gasteiger partial charge in [-0.25, -0.2) is 4.79 Å². The Morgan fingerprint density at radius 1 is 1.33 bits per heavy atom. The molecule has 0 amide bonds. The molecule has 2 aliphatic rings. The smallest absolute Gasteiger partial charge is 0.360 e. The number of carbonyl (C=O) groups is 1. The number of aliphatic hydroxyl groups is 1. The molecule has 0 aliphatic carbocycles. The lowest BCUT2D eigenvalue weighted by Gasteiger charge is -2.35. The zero-order chi connectivity index (χ0) is 17.4. The standard InChI is InChI=1S/C18H25N3O3/c1-17(2,3)24-16(22)18(23)14-11-19-10-9-15(14)20-21(18)12-13-7-5-4-6-8-13/h4-8,19-20,23H,9-12H2,1-3H3. The Bertz CT molecular complexity index is 651. The summed E-state index contributed by atoms with van der Waals surface area (Å²) in [7, 11) is 0. The van der Waals surface area contributed by atoms with Crippen LogP contribution in [0.5, 0.6) is 0 Å². The number of hydrogen-bond donors (Lipinski definition) is 3. The van der Waals surface area contributed by atoms with Crippen LogP contribution in [0.2, 0.25) is 0 Å². The molecule has 0 bridgehead atoms. The van der Waals surface area contributed by atoms with Crippen molar-refractivity contribution in [2.24, 2.45) is 0 Å². The molecule has 6 nitrogen and oxygen atoms in total. The van der Waals surface area contributed by atoms with E-state index in [-0.39, 0.29) is 0 Å². The molecule has 0 radical (unpaired) electrons. The van der Waals surface area contributed by atoms with Gasteiger partial charge in [0.25, 0.3) is 5.72 Å². The van der Waals surface area contributed by atoms with Crippen molar-refractivity contribution in [2.45, 2.75) is 45.1 Å². The molecule has 0 spiro atoms. The number of nitrogens with zero attached hydrogens (tertiary/aromatic N) is 1. The van der Waals surface area contributed by atoms with E-state index >= 15 is 0 Å². The lowest BCUT2D eigenvalue weighted by molar-refractivity contribution is -0.194. The molecule has 0 aromatic heterocycles. The second-order valence-corrected chi connectivity index (χ2v) is 7.24. The van der Waals surface area contributed by atoms with Crippen LogP contribution in [0.25, 0.3) is 0 Å². The lowest BCUT2D eigenvalue weighted by atomic mass is 9.97. The van der Waals surface area contributed by atoms with E-state index in [2.05, 4.69) is 10.7 Å². The summed E-state index contributed by atoms with van der Waals surface area (Å²) in [6.45, 7) is 7.06. The van der Waals surface area contributed by atoms with Gasteiger partial charge in [-0.15, -0.1) is 0 Å². The lowest BCUT2D eigenvalue weighted by Crippen LogP contribution is -2.58. The fourth-order valence-corrected chi connectivity index (χ4v) is 3.05. The fraction of sp³-hybridized carbons (Fsp3) is 0.500. The van der Waals surface area contributed by atoms with Crippen LogP contribution in [-0.4, -0.2) is 40.5 Å². The normalized spacial score (nSPS) is 24.5. The van der Waals surface area contributed by atoms with Crippen molar-refractivity contribution in [1.82, 2.24) is 15.8 Å². The van der Waals surface area contributed by atoms with Crippen LogP contribution in [0.15, 0.2) is 41.6 Å². The monoisotopic (exact) mass is 331 g/mol. The Labute approximate surface area is 142 Å². The maximum Gasteiger partial charge on any atom is 0.360 e. The van der Waals surface area contributed by atoms with E-state index in [0.717, 1.165) is 24.2 Å². The van der Waals surface area contributed by atoms with E-state index in [1.807, 2.05) is 30.3 Å². The minimum absolute atomic E-state index is 0.392. The third-order valence-electron chi connectivity index (χ3n) is 4.17. The predicted octanol–water partition coefficient (Wildman–Crippen LogP) is 1.28. The molecule has 1 unspecified atom stereocenters. The van der Waals surface area contributed by atoms with Gasteiger partial charge in [0.1, 0.15) is 5.60 Å². The average Bonchev–Trinajstić information content (AvgIpc) is 2.81. The second kappa shape index (κ2) is 6.20. The van der Waals surface area contributed by atoms with Crippen molar-refractivity contribution in [1.29, 1.82) is 0 Å². The molecule has 130 valence electrons. The largest absolute Gasteiger partial charge is 0.456 e. The van der Waals surface area contributed by atoms with Gasteiger partial charge >= 0.3 is 5.97 Å². The van der Waals surface area contributed by atoms with Crippen LogP contribution in [0.1, 0.15) is 32.8 Å². The van der Waals surface area contributed by atoms with Gasteiger partial charge in [-0.1, -0.05) is 30.3 Å². The molecule has 1 aromatic carbocycles. The van der Waals surface area contributed by atoms with Crippen LogP contribution in [0.4, 0.5) is 0 Å². The molecular weight excluding hydrogens is 306 g/mol. The molecule has 0 fully saturated rings. The zero-order valence-electron chi connectivity index (χ0n) is 14.4. The number of esters is 1. The summed E-state index contributed by atoms with van der Waals surface area (Å²) in [4.78, 5) is 12.8. The van der Waals surface area contributed by atoms with Crippen molar-refractivity contribution in [3.05, 3.63) is 47.2 Å². The second-order valence-electron chi connectivity index (χ2n) is 7.24. The Morgan fingerprint density at radius 3 is 2.71 bits per heavy atom. The summed E-state index contributed by atoms with van der Waals surface area (Å²) in [5.74, 6) is -0.646. The molecule has 2 aliphatic heterocycles. The van der Waals surface area contributed by atoms with Gasteiger partial charge in [-0.3, -0.25) is 0 Å². The highest BCUT2D eigenvalue weighted by molar-refractivity contribution is 5.84. The Hall–Kier alpha value is -1.89. The topological polar surface area (TPSA) is 73.8 Å². The van der Waals surface area contributed by atoms with Gasteiger partial charge < -0.3 is 20.6 Å². The first-order chi connectivity index (χ1) is 11.3. The van der Waals surface area contributed by atoms with Gasteiger partial charge in [-0.05, 0) is 26.3 Å². The third-order valence-corrected chi connectivity index (χ3v) is 4.17. The number of rotatable bonds is 3. The van der Waals surface area contributed by atoms with E-state index in [1.54, 1.807) is 25.8 Å². The van der Waals surface area contributed by atoms with Gasteiger partial charge in [0.05, 0.1) is 0 Å². The highest BCUT2D eigenvalue weighted by Gasteiger charge is 2.54. The van der Waals surface area contributed by atoms with Crippen molar-refractivity contribution in [2.75, 3.05) is 13.1 Å². The van der Waals surface area contributed by atoms with Crippen molar-refractivity contribution >= 4 is 5.97 Å². The SMILES string of the molecule is CC(C)(C)OC(=O)C1(O)C2=C(CCNC2)NN1Cc1ccccc1. The van der Waals surface area contributed by atoms with Crippen molar-refractivity contribution < 1.29 is 14.6 Å². The van der Waals surface area contributed by atoms with E-state index in [1.165, 1.54) is 0 Å². The minimum atomic E-state index is -1.80. The van der Waals surface area contributed by atoms with E-state index < -0.39 is 17.3 Å². The first-order valence-corrected chi connectivity index (χ1v) is 8.28. The summed E-state index contributed by atoms with van der Waals surface area (Å²) < 4.78 is 5.51. The fourth-order valence-electron chi connectivity index (χ4n) is 3.05. The van der Waals surface area contributed by atoms with Crippen molar-refractivity contribution in [3.63, 3.8) is 0 Å². The summed E-state index contributed by atoms with van der Waals surface area (Å²) in [5.41, 5.74) is 3.30. The number of ether oxygens (including phenoxy) is 1. The van der Waals surface area contributed by atoms with Gasteiger partial charge in [-0.2, -0.15) is 5.01 Å². The summed E-state index contributed by atoms with van der Waals surface area (Å²) in [5, 5.41) is 16.1. The van der Waals surface area contributed by atoms with Crippen LogP contribution in [0.3, 0.4) is 0 Å². The van der Waals surface area contributed by atoms with Gasteiger partial charge in [0.2, 0.25) is 0 Å². The van der Waals surface area contributed by atoms with Crippen LogP contribution >= 0.6 is 0 Å². The van der Waals surface area contributed by atoms with Crippen LogP contribution in [-0.2, 0) is 16.1 Å². The highest BCUT2D eigenvalue weighted by Crippen LogP contribution is 2.35. The molecule has 2 heterocycles. The van der Waals surface area contributed by atoms with E-state index in [0.29, 0.717) is 18.7 Å². The highest BCUT2D eigenvalue weighted by atomic mass is 16.6. The first-order valence-electron chi connectivity index (χ1n) is 8.28. The molecule has 1 atom stereocenters. The van der Waals surface area contributed by atoms with Crippen LogP contribution in [0, 0.1) is 0 Å². The Kier molecular flexibility index (Phi) is 4.38. The summed E-state index contributed by atoms with van der Waals surface area (Å²) >= 11 is 0. The quantitative estimate of drug-likeness (QED) is 0.725. The minimum Gasteiger partial charge on any atom is -0.456 e. The molecular formula is C18H25N3O3. The zero-order valence-corrected chi connectivity index (χ0v) is 14.4. The van der Waals surface area contributed by atoms with Gasteiger partial charge in [0, 0.05) is 37.3 Å². The molecule has 3 N–H and O–H groups in total. The predicted molar refractivity (Wildman–Crippen MR) is 90.4 cm³/mol. The summed E-state index contributed by atoms with van der Waals surface area (Å²) in [6.07, 6.45) is 0.742. The van der Waals surface area contributed by atoms with Crippen LogP contribution < -0.4 is 10.7 Å². The molecule has 0 saturated heterocycles. The molecule has 0 saturated carbocycles. The number of hydrogen-bond acceptors (Lipinski definition) is 6. The Balaban J connectivity index is 1.92. The molecule has 3 rings (SSSR count). The number of carbonyl (C=O) groups excluding carboxylic acids is 1. The third kappa shape index (κ3) is 3.17. The maximum atomic E-state index is 12.8. The van der Waals surface area contributed by atoms with E-state index in [9.17, 15) is 9.90 Å².